The quantitative estimate of drug-likeness (QED) is 0.310. The molecule has 1 atom stereocenters. The normalized spacial score (nSPS) is 17.9. The van der Waals surface area contributed by atoms with Crippen LogP contribution >= 0.6 is 0 Å². The second-order valence-electron chi connectivity index (χ2n) is 6.31. The average Bonchev–Trinajstić information content (AvgIpc) is 3.28. The van der Waals surface area contributed by atoms with E-state index < -0.39 is 0 Å². The third-order valence-corrected chi connectivity index (χ3v) is 4.55. The third-order valence-electron chi connectivity index (χ3n) is 4.55. The van der Waals surface area contributed by atoms with Crippen molar-refractivity contribution in [1.29, 1.82) is 0 Å². The van der Waals surface area contributed by atoms with Crippen molar-refractivity contribution >= 4 is 0 Å². The molecule has 1 heterocycles. The van der Waals surface area contributed by atoms with Crippen molar-refractivity contribution in [3.63, 3.8) is 0 Å². The molecule has 0 aromatic rings. The zero-order valence-electron chi connectivity index (χ0n) is 14.0. The summed E-state index contributed by atoms with van der Waals surface area (Å²) < 4.78 is 5.23. The molecule has 120 valence electrons. The van der Waals surface area contributed by atoms with Crippen molar-refractivity contribution in [3.05, 3.63) is 0 Å². The lowest BCUT2D eigenvalue weighted by Crippen LogP contribution is -2.23. The van der Waals surface area contributed by atoms with Crippen LogP contribution in [0.15, 0.2) is 0 Å². The van der Waals surface area contributed by atoms with E-state index in [1.165, 1.54) is 90.3 Å². The van der Waals surface area contributed by atoms with Gasteiger partial charge in [-0.3, -0.25) is 0 Å². The summed E-state index contributed by atoms with van der Waals surface area (Å²) in [4.78, 5) is 2.53. The average molecular weight is 283 g/mol. The lowest BCUT2D eigenvalue weighted by molar-refractivity contribution is 0.295. The molecule has 0 amide bonds. The van der Waals surface area contributed by atoms with Gasteiger partial charge in [0.05, 0.1) is 12.7 Å². The fraction of sp³-hybridized carbons (Fsp3) is 1.00. The minimum absolute atomic E-state index is 0.645. The van der Waals surface area contributed by atoms with E-state index in [0.29, 0.717) is 6.10 Å². The molecule has 1 unspecified atom stereocenters. The molecule has 0 spiro atoms. The van der Waals surface area contributed by atoms with Gasteiger partial charge in [0.15, 0.2) is 0 Å². The van der Waals surface area contributed by atoms with Gasteiger partial charge in [-0.1, -0.05) is 71.6 Å². The standard InChI is InChI=1S/C18H37NO/c1-3-19(4-2)16-14-12-10-8-6-5-7-9-11-13-15-18-17-20-18/h18H,3-17H2,1-2H3. The van der Waals surface area contributed by atoms with Crippen LogP contribution in [0.25, 0.3) is 0 Å². The number of hydrogen-bond acceptors (Lipinski definition) is 2. The van der Waals surface area contributed by atoms with E-state index in [0.717, 1.165) is 6.61 Å². The van der Waals surface area contributed by atoms with Gasteiger partial charge in [0.25, 0.3) is 0 Å². The molecular weight excluding hydrogens is 246 g/mol. The summed E-state index contributed by atoms with van der Waals surface area (Å²) in [5, 5.41) is 0. The van der Waals surface area contributed by atoms with Crippen LogP contribution in [-0.2, 0) is 4.74 Å². The molecule has 0 aromatic carbocycles. The van der Waals surface area contributed by atoms with Crippen LogP contribution in [0.2, 0.25) is 0 Å². The molecule has 2 heteroatoms. The van der Waals surface area contributed by atoms with E-state index in [4.69, 9.17) is 4.74 Å². The number of hydrogen-bond donors (Lipinski definition) is 0. The van der Waals surface area contributed by atoms with E-state index in [1.807, 2.05) is 0 Å². The summed E-state index contributed by atoms with van der Waals surface area (Å²) in [6, 6.07) is 0. The molecule has 0 aliphatic carbocycles. The number of ether oxygens (including phenoxy) is 1. The summed E-state index contributed by atoms with van der Waals surface area (Å²) >= 11 is 0. The van der Waals surface area contributed by atoms with Gasteiger partial charge >= 0.3 is 0 Å². The van der Waals surface area contributed by atoms with Crippen molar-refractivity contribution in [1.82, 2.24) is 4.90 Å². The Morgan fingerprint density at radius 1 is 0.750 bits per heavy atom. The zero-order valence-corrected chi connectivity index (χ0v) is 14.0. The fourth-order valence-corrected chi connectivity index (χ4v) is 2.90. The second kappa shape index (κ2) is 12.6. The first kappa shape index (κ1) is 18.0. The molecule has 1 aliphatic rings. The van der Waals surface area contributed by atoms with Crippen LogP contribution in [0, 0.1) is 0 Å². The van der Waals surface area contributed by atoms with E-state index in [9.17, 15) is 0 Å². The molecule has 0 saturated carbocycles. The van der Waals surface area contributed by atoms with Gasteiger partial charge in [-0.05, 0) is 32.5 Å². The second-order valence-corrected chi connectivity index (χ2v) is 6.31. The number of unbranched alkanes of at least 4 members (excludes halogenated alkanes) is 9. The maximum Gasteiger partial charge on any atom is 0.0810 e. The number of rotatable bonds is 15. The van der Waals surface area contributed by atoms with Crippen molar-refractivity contribution in [3.8, 4) is 0 Å². The van der Waals surface area contributed by atoms with Crippen molar-refractivity contribution in [2.75, 3.05) is 26.2 Å². The number of epoxide rings is 1. The Kier molecular flexibility index (Phi) is 11.4. The molecule has 1 fully saturated rings. The highest BCUT2D eigenvalue weighted by molar-refractivity contribution is 4.68. The molecule has 1 aliphatic heterocycles. The van der Waals surface area contributed by atoms with Crippen LogP contribution in [0.5, 0.6) is 0 Å². The topological polar surface area (TPSA) is 15.8 Å². The summed E-state index contributed by atoms with van der Waals surface area (Å²) in [7, 11) is 0. The van der Waals surface area contributed by atoms with Gasteiger partial charge in [0.1, 0.15) is 0 Å². The van der Waals surface area contributed by atoms with Gasteiger partial charge in [-0.15, -0.1) is 0 Å². The first-order chi connectivity index (χ1) is 9.86. The monoisotopic (exact) mass is 283 g/mol. The van der Waals surface area contributed by atoms with Crippen molar-refractivity contribution in [2.24, 2.45) is 0 Å². The van der Waals surface area contributed by atoms with E-state index >= 15 is 0 Å². The van der Waals surface area contributed by atoms with Crippen molar-refractivity contribution < 1.29 is 4.74 Å². The van der Waals surface area contributed by atoms with E-state index in [-0.39, 0.29) is 0 Å². The smallest absolute Gasteiger partial charge is 0.0810 e. The lowest BCUT2D eigenvalue weighted by Gasteiger charge is -2.17. The Balaban J connectivity index is 1.67. The molecule has 1 saturated heterocycles. The summed E-state index contributed by atoms with van der Waals surface area (Å²) in [5.41, 5.74) is 0. The molecule has 2 nitrogen and oxygen atoms in total. The van der Waals surface area contributed by atoms with Crippen LogP contribution in [-0.4, -0.2) is 37.2 Å². The Labute approximate surface area is 127 Å². The SMILES string of the molecule is CCN(CC)CCCCCCCCCCCCC1CO1. The van der Waals surface area contributed by atoms with Gasteiger partial charge in [-0.25, -0.2) is 0 Å². The predicted molar refractivity (Wildman–Crippen MR) is 88.3 cm³/mol. The summed E-state index contributed by atoms with van der Waals surface area (Å²) in [5.74, 6) is 0. The highest BCUT2D eigenvalue weighted by atomic mass is 16.6. The minimum atomic E-state index is 0.645. The molecule has 0 radical (unpaired) electrons. The maximum absolute atomic E-state index is 5.23. The van der Waals surface area contributed by atoms with Gasteiger partial charge in [0, 0.05) is 0 Å². The molecule has 20 heavy (non-hydrogen) atoms. The van der Waals surface area contributed by atoms with E-state index in [2.05, 4.69) is 18.7 Å². The van der Waals surface area contributed by atoms with Crippen LogP contribution < -0.4 is 0 Å². The molecular formula is C18H37NO. The van der Waals surface area contributed by atoms with Gasteiger partial charge < -0.3 is 9.64 Å². The Morgan fingerprint density at radius 3 is 1.65 bits per heavy atom. The van der Waals surface area contributed by atoms with Gasteiger partial charge in [-0.2, -0.15) is 0 Å². The predicted octanol–water partition coefficient (Wildman–Crippen LogP) is 5.02. The summed E-state index contributed by atoms with van der Waals surface area (Å²) in [6.45, 7) is 9.29. The molecule has 0 N–H and O–H groups in total. The van der Waals surface area contributed by atoms with Crippen LogP contribution in [0.4, 0.5) is 0 Å². The first-order valence-electron chi connectivity index (χ1n) is 9.20. The summed E-state index contributed by atoms with van der Waals surface area (Å²) in [6.07, 6.45) is 16.3. The van der Waals surface area contributed by atoms with Gasteiger partial charge in [0.2, 0.25) is 0 Å². The Morgan fingerprint density at radius 2 is 1.20 bits per heavy atom. The molecule has 1 rings (SSSR count). The van der Waals surface area contributed by atoms with Crippen LogP contribution in [0.1, 0.15) is 84.5 Å². The highest BCUT2D eigenvalue weighted by Crippen LogP contribution is 2.18. The fourth-order valence-electron chi connectivity index (χ4n) is 2.90. The Bertz CT molecular complexity index is 200. The largest absolute Gasteiger partial charge is 0.373 e. The lowest BCUT2D eigenvalue weighted by atomic mass is 10.1. The Hall–Kier alpha value is -0.0800. The first-order valence-corrected chi connectivity index (χ1v) is 9.20. The van der Waals surface area contributed by atoms with Crippen molar-refractivity contribution in [2.45, 2.75) is 90.6 Å². The molecule has 0 bridgehead atoms. The zero-order chi connectivity index (χ0) is 14.5. The van der Waals surface area contributed by atoms with Crippen LogP contribution in [0.3, 0.4) is 0 Å². The maximum atomic E-state index is 5.23. The number of nitrogens with zero attached hydrogens (tertiary/aromatic N) is 1. The minimum Gasteiger partial charge on any atom is -0.373 e. The van der Waals surface area contributed by atoms with E-state index in [1.54, 1.807) is 0 Å². The molecule has 0 aromatic heterocycles. The third kappa shape index (κ3) is 10.7. The highest BCUT2D eigenvalue weighted by Gasteiger charge is 2.20.